The summed E-state index contributed by atoms with van der Waals surface area (Å²) in [6.45, 7) is 8.57. The first-order valence-electron chi connectivity index (χ1n) is 10.1. The van der Waals surface area contributed by atoms with Crippen molar-refractivity contribution in [2.75, 3.05) is 0 Å². The number of nitrogens with one attached hydrogen (secondary N) is 1. The number of aliphatic hydroxyl groups is 1. The van der Waals surface area contributed by atoms with E-state index in [1.807, 2.05) is 81.1 Å². The van der Waals surface area contributed by atoms with Crippen molar-refractivity contribution in [1.29, 1.82) is 0 Å². The normalized spacial score (nSPS) is 22.3. The van der Waals surface area contributed by atoms with Gasteiger partial charge in [0.25, 0.3) is 0 Å². The molecular formula is C24H32N2O2. The van der Waals surface area contributed by atoms with E-state index < -0.39 is 17.1 Å². The van der Waals surface area contributed by atoms with Crippen LogP contribution in [0.3, 0.4) is 0 Å². The van der Waals surface area contributed by atoms with Crippen molar-refractivity contribution in [3.63, 3.8) is 0 Å². The van der Waals surface area contributed by atoms with E-state index in [0.717, 1.165) is 12.0 Å². The number of rotatable bonds is 6. The summed E-state index contributed by atoms with van der Waals surface area (Å²) in [5, 5.41) is 15.2. The zero-order valence-corrected chi connectivity index (χ0v) is 17.4. The number of hydrogen-bond donors (Lipinski definition) is 2. The summed E-state index contributed by atoms with van der Waals surface area (Å²) >= 11 is 0. The standard InChI is InChI=1S/C24H32N2O2/c1-18-25-21(22(27)26(18)17-20-13-9-6-10-14-20)24(28,23(2,3)4)16-15-19-11-7-5-8-12-19/h5-14,18,21,25,28H,15-17H2,1-4H3. The molecule has 1 amide bonds. The molecule has 0 aliphatic carbocycles. The van der Waals surface area contributed by atoms with Crippen molar-refractivity contribution in [3.8, 4) is 0 Å². The van der Waals surface area contributed by atoms with Gasteiger partial charge in [-0.3, -0.25) is 10.1 Å². The Bertz CT molecular complexity index is 785. The second-order valence-electron chi connectivity index (χ2n) is 8.89. The van der Waals surface area contributed by atoms with Crippen molar-refractivity contribution in [1.82, 2.24) is 10.2 Å². The van der Waals surface area contributed by atoms with E-state index in [0.29, 0.717) is 13.0 Å². The highest BCUT2D eigenvalue weighted by molar-refractivity contribution is 5.86. The Morgan fingerprint density at radius 3 is 2.04 bits per heavy atom. The molecule has 4 nitrogen and oxygen atoms in total. The first-order valence-corrected chi connectivity index (χ1v) is 10.1. The van der Waals surface area contributed by atoms with Crippen molar-refractivity contribution >= 4 is 5.91 Å². The maximum Gasteiger partial charge on any atom is 0.244 e. The molecule has 1 aliphatic heterocycles. The van der Waals surface area contributed by atoms with E-state index in [9.17, 15) is 9.90 Å². The molecule has 0 bridgehead atoms. The Kier molecular flexibility index (Phi) is 5.92. The Hall–Kier alpha value is -2.17. The summed E-state index contributed by atoms with van der Waals surface area (Å²) < 4.78 is 0. The summed E-state index contributed by atoms with van der Waals surface area (Å²) in [4.78, 5) is 15.2. The Morgan fingerprint density at radius 1 is 0.964 bits per heavy atom. The molecule has 1 saturated heterocycles. The van der Waals surface area contributed by atoms with E-state index in [-0.39, 0.29) is 12.1 Å². The van der Waals surface area contributed by atoms with E-state index in [1.165, 1.54) is 5.56 Å². The molecule has 3 unspecified atom stereocenters. The number of aryl methyl sites for hydroxylation is 1. The summed E-state index contributed by atoms with van der Waals surface area (Å²) in [5.41, 5.74) is 0.663. The fraction of sp³-hybridized carbons (Fsp3) is 0.458. The number of amides is 1. The molecule has 0 saturated carbocycles. The van der Waals surface area contributed by atoms with Gasteiger partial charge in [0.05, 0.1) is 11.8 Å². The molecule has 1 fully saturated rings. The predicted octanol–water partition coefficient (Wildman–Crippen LogP) is 3.74. The first kappa shape index (κ1) is 20.6. The van der Waals surface area contributed by atoms with Crippen molar-refractivity contribution in [2.24, 2.45) is 5.41 Å². The van der Waals surface area contributed by atoms with Crippen LogP contribution in [0.25, 0.3) is 0 Å². The Labute approximate surface area is 168 Å². The average molecular weight is 381 g/mol. The third-order valence-corrected chi connectivity index (χ3v) is 6.02. The fourth-order valence-electron chi connectivity index (χ4n) is 4.03. The molecule has 0 aromatic heterocycles. The molecule has 0 radical (unpaired) electrons. The van der Waals surface area contributed by atoms with Gasteiger partial charge in [-0.1, -0.05) is 81.4 Å². The largest absolute Gasteiger partial charge is 0.387 e. The molecule has 3 atom stereocenters. The molecule has 4 heteroatoms. The molecule has 2 aromatic rings. The van der Waals surface area contributed by atoms with E-state index in [2.05, 4.69) is 17.4 Å². The predicted molar refractivity (Wildman–Crippen MR) is 113 cm³/mol. The fourth-order valence-corrected chi connectivity index (χ4v) is 4.03. The van der Waals surface area contributed by atoms with E-state index >= 15 is 0 Å². The van der Waals surface area contributed by atoms with Crippen LogP contribution in [0.4, 0.5) is 0 Å². The van der Waals surface area contributed by atoms with Gasteiger partial charge < -0.3 is 10.0 Å². The number of carbonyl (C=O) groups excluding carboxylic acids is 1. The van der Waals surface area contributed by atoms with Gasteiger partial charge in [0.2, 0.25) is 5.91 Å². The maximum absolute atomic E-state index is 13.3. The minimum absolute atomic E-state index is 0.0261. The van der Waals surface area contributed by atoms with Crippen LogP contribution in [0.1, 0.15) is 45.2 Å². The molecule has 2 aromatic carbocycles. The van der Waals surface area contributed by atoms with Crippen LogP contribution in [0.15, 0.2) is 60.7 Å². The minimum atomic E-state index is -1.15. The molecule has 28 heavy (non-hydrogen) atoms. The number of carbonyl (C=O) groups is 1. The molecule has 2 N–H and O–H groups in total. The molecule has 150 valence electrons. The molecule has 1 aliphatic rings. The zero-order chi connectivity index (χ0) is 20.4. The van der Waals surface area contributed by atoms with Crippen molar-refractivity contribution in [3.05, 3.63) is 71.8 Å². The van der Waals surface area contributed by atoms with E-state index in [1.54, 1.807) is 0 Å². The van der Waals surface area contributed by atoms with Crippen LogP contribution in [0, 0.1) is 5.41 Å². The van der Waals surface area contributed by atoms with Crippen molar-refractivity contribution < 1.29 is 9.90 Å². The van der Waals surface area contributed by atoms with Crippen LogP contribution in [0.2, 0.25) is 0 Å². The zero-order valence-electron chi connectivity index (χ0n) is 17.4. The van der Waals surface area contributed by atoms with Gasteiger partial charge in [0.1, 0.15) is 6.04 Å². The first-order chi connectivity index (χ1) is 13.2. The van der Waals surface area contributed by atoms with Gasteiger partial charge in [-0.2, -0.15) is 0 Å². The summed E-state index contributed by atoms with van der Waals surface area (Å²) in [7, 11) is 0. The second kappa shape index (κ2) is 8.06. The SMILES string of the molecule is CC1NC(C(O)(CCc2ccccc2)C(C)(C)C)C(=O)N1Cc1ccccc1. The molecule has 1 heterocycles. The number of benzene rings is 2. The molecule has 3 rings (SSSR count). The Balaban J connectivity index is 1.81. The highest BCUT2D eigenvalue weighted by Crippen LogP contribution is 2.40. The summed E-state index contributed by atoms with van der Waals surface area (Å²) in [6, 6.07) is 19.5. The van der Waals surface area contributed by atoms with Gasteiger partial charge >= 0.3 is 0 Å². The van der Waals surface area contributed by atoms with Gasteiger partial charge in [-0.15, -0.1) is 0 Å². The molecular weight excluding hydrogens is 348 g/mol. The molecule has 0 spiro atoms. The van der Waals surface area contributed by atoms with Crippen molar-refractivity contribution in [2.45, 2.75) is 64.9 Å². The third-order valence-electron chi connectivity index (χ3n) is 6.02. The lowest BCUT2D eigenvalue weighted by molar-refractivity contribution is -0.143. The smallest absolute Gasteiger partial charge is 0.244 e. The van der Waals surface area contributed by atoms with Crippen LogP contribution in [0.5, 0.6) is 0 Å². The lowest BCUT2D eigenvalue weighted by atomic mass is 9.69. The lowest BCUT2D eigenvalue weighted by Crippen LogP contribution is -2.59. The minimum Gasteiger partial charge on any atom is -0.387 e. The van der Waals surface area contributed by atoms with E-state index in [4.69, 9.17) is 0 Å². The summed E-state index contributed by atoms with van der Waals surface area (Å²) in [6.07, 6.45) is 1.13. The highest BCUT2D eigenvalue weighted by Gasteiger charge is 2.54. The number of nitrogens with zero attached hydrogens (tertiary/aromatic N) is 1. The topological polar surface area (TPSA) is 52.6 Å². The monoisotopic (exact) mass is 380 g/mol. The number of hydrogen-bond acceptors (Lipinski definition) is 3. The van der Waals surface area contributed by atoms with Gasteiger partial charge in [0, 0.05) is 6.54 Å². The van der Waals surface area contributed by atoms with Gasteiger partial charge in [-0.25, -0.2) is 0 Å². The van der Waals surface area contributed by atoms with Crippen LogP contribution in [-0.4, -0.2) is 33.7 Å². The Morgan fingerprint density at radius 2 is 1.50 bits per heavy atom. The van der Waals surface area contributed by atoms with Crippen LogP contribution >= 0.6 is 0 Å². The average Bonchev–Trinajstić information content (AvgIpc) is 2.95. The lowest BCUT2D eigenvalue weighted by Gasteiger charge is -2.44. The quantitative estimate of drug-likeness (QED) is 0.803. The van der Waals surface area contributed by atoms with Gasteiger partial charge in [0.15, 0.2) is 0 Å². The maximum atomic E-state index is 13.3. The second-order valence-corrected chi connectivity index (χ2v) is 8.89. The van der Waals surface area contributed by atoms with Crippen LogP contribution < -0.4 is 5.32 Å². The third kappa shape index (κ3) is 4.13. The highest BCUT2D eigenvalue weighted by atomic mass is 16.3. The summed E-state index contributed by atoms with van der Waals surface area (Å²) in [5.74, 6) is -0.0261. The van der Waals surface area contributed by atoms with Gasteiger partial charge in [-0.05, 0) is 36.3 Å². The van der Waals surface area contributed by atoms with Crippen LogP contribution in [-0.2, 0) is 17.8 Å².